The average molecular weight is 1840 g/mol. The molecule has 6 atom stereocenters. The van der Waals surface area contributed by atoms with Gasteiger partial charge in [0.1, 0.15) is 36.3 Å². The third-order valence-electron chi connectivity index (χ3n) is 20.9. The van der Waals surface area contributed by atoms with Crippen LogP contribution in [0.4, 0.5) is 0 Å². The van der Waals surface area contributed by atoms with Crippen molar-refractivity contribution in [2.45, 2.75) is 214 Å². The first kappa shape index (κ1) is 107. The van der Waals surface area contributed by atoms with Crippen LogP contribution >= 0.6 is 69.6 Å². The van der Waals surface area contributed by atoms with Crippen LogP contribution in [-0.2, 0) is 28.4 Å². The maximum absolute atomic E-state index is 12.7. The van der Waals surface area contributed by atoms with E-state index in [0.29, 0.717) is 108 Å². The zero-order valence-electron chi connectivity index (χ0n) is 76.7. The quantitative estimate of drug-likeness (QED) is 0.0256. The van der Waals surface area contributed by atoms with Gasteiger partial charge in [0.25, 0.3) is 0 Å². The number of carbonyl (C=O) groups excluding carboxylic acids is 6. The molecule has 0 aliphatic carbocycles. The van der Waals surface area contributed by atoms with Crippen LogP contribution in [0, 0.1) is 125 Å². The van der Waals surface area contributed by atoms with E-state index in [1.54, 1.807) is 67.2 Å². The lowest BCUT2D eigenvalue weighted by Crippen LogP contribution is -2.16. The molecule has 0 unspecified atom stereocenters. The first-order valence-electron chi connectivity index (χ1n) is 41.6. The summed E-state index contributed by atoms with van der Waals surface area (Å²) in [4.78, 5) is 79.0. The fourth-order valence-corrected chi connectivity index (χ4v) is 15.5. The van der Waals surface area contributed by atoms with Crippen molar-refractivity contribution in [1.82, 2.24) is 4.98 Å². The third-order valence-corrected chi connectivity index (χ3v) is 24.4. The molecular formula is C107H119Cl6NO13. The highest BCUT2D eigenvalue weighted by molar-refractivity contribution is 6.34. The van der Waals surface area contributed by atoms with Gasteiger partial charge in [0.15, 0.2) is 6.10 Å². The second-order valence-electron chi connectivity index (χ2n) is 31.2. The fourth-order valence-electron chi connectivity index (χ4n) is 14.6. The predicted molar refractivity (Wildman–Crippen MR) is 521 cm³/mol. The van der Waals surface area contributed by atoms with Crippen LogP contribution in [0.3, 0.4) is 0 Å². The molecule has 2 aromatic heterocycles. The zero-order chi connectivity index (χ0) is 95.0. The number of hydrogen-bond acceptors (Lipinski definition) is 14. The molecule has 20 heteroatoms. The summed E-state index contributed by atoms with van der Waals surface area (Å²) in [5, 5.41) is 3.68. The van der Waals surface area contributed by atoms with E-state index in [1.165, 1.54) is 0 Å². The van der Waals surface area contributed by atoms with Gasteiger partial charge in [-0.1, -0.05) is 209 Å². The van der Waals surface area contributed by atoms with Crippen LogP contribution in [0.15, 0.2) is 220 Å². The van der Waals surface area contributed by atoms with E-state index in [0.717, 1.165) is 117 Å². The minimum atomic E-state index is -0.487. The van der Waals surface area contributed by atoms with E-state index in [4.69, 9.17) is 102 Å². The molecule has 0 fully saturated rings. The van der Waals surface area contributed by atoms with E-state index in [-0.39, 0.29) is 54.3 Å². The van der Waals surface area contributed by atoms with Gasteiger partial charge >= 0.3 is 35.8 Å². The molecule has 0 saturated carbocycles. The van der Waals surface area contributed by atoms with Crippen LogP contribution in [-0.4, -0.2) is 53.0 Å². The molecule has 0 bridgehead atoms. The monoisotopic (exact) mass is 1840 g/mol. The highest BCUT2D eigenvalue weighted by Gasteiger charge is 2.29. The van der Waals surface area contributed by atoms with Crippen molar-refractivity contribution in [3.8, 4) is 0 Å². The standard InChI is InChI=1S/2C20H21ClO2.C19H20ClNO2.C18H19ClO3.2C15H19ClO2/c2*1-5-9-17(16-10-7-6-8-11-16)23-20(22)18-13(2)12-14(3)19(21)15(18)4;1-5-7-16(15-8-6-9-21-11-15)23-19(22)17-12(2)10-13(3)18(20)14(17)4;1-5-7-15(14-8-6-9-21-14)22-18(20)16-11(2)10-12(3)17(19)13(16)4;2*1-6-7-11(4)18-15(17)13-9(2)8-10(3)14(16)12(13)5/h2*5-8,10-12,17H,1,9H2,2-4H3;5-6,8-11,16H,1,7H2,2-4H3;5-6,8-10,15H,1,7H2,2-4H3;2*6,8,11H,1,7H2,2-5H3/t2*17-;16-;15-;2*11-/m101010/s1. The second-order valence-corrected chi connectivity index (χ2v) is 33.5. The largest absolute Gasteiger partial charge is 0.465 e. The van der Waals surface area contributed by atoms with Crippen molar-refractivity contribution < 1.29 is 61.6 Å². The van der Waals surface area contributed by atoms with Crippen LogP contribution in [0.2, 0.25) is 30.1 Å². The Bertz CT molecular complexity index is 5170. The molecule has 0 radical (unpaired) electrons. The number of aromatic nitrogens is 1. The number of furan rings is 1. The molecule has 8 aromatic carbocycles. The molecule has 0 spiro atoms. The van der Waals surface area contributed by atoms with Crippen molar-refractivity contribution in [3.63, 3.8) is 0 Å². The molecule has 0 N–H and O–H groups in total. The summed E-state index contributed by atoms with van der Waals surface area (Å²) in [7, 11) is 0. The average Bonchev–Trinajstić information content (AvgIpc) is 1.43. The van der Waals surface area contributed by atoms with Crippen molar-refractivity contribution in [3.05, 3.63) is 402 Å². The molecule has 127 heavy (non-hydrogen) atoms. The van der Waals surface area contributed by atoms with Gasteiger partial charge < -0.3 is 32.8 Å². The Morgan fingerprint density at radius 1 is 0.299 bits per heavy atom. The summed E-state index contributed by atoms with van der Waals surface area (Å²) in [6.07, 6.45) is 16.8. The van der Waals surface area contributed by atoms with Gasteiger partial charge in [0, 0.05) is 86.6 Å². The maximum Gasteiger partial charge on any atom is 0.339 e. The topological polar surface area (TPSA) is 184 Å². The first-order valence-corrected chi connectivity index (χ1v) is 43.9. The van der Waals surface area contributed by atoms with Crippen LogP contribution < -0.4 is 0 Å². The molecule has 0 amide bonds. The number of nitrogens with zero attached hydrogens (tertiary/aromatic N) is 1. The van der Waals surface area contributed by atoms with Crippen molar-refractivity contribution in [2.24, 2.45) is 0 Å². The van der Waals surface area contributed by atoms with Crippen molar-refractivity contribution in [1.29, 1.82) is 0 Å². The number of aryl methyl sites for hydroxylation is 12. The lowest BCUT2D eigenvalue weighted by molar-refractivity contribution is 0.0247. The summed E-state index contributed by atoms with van der Waals surface area (Å²) in [5.41, 5.74) is 21.6. The second kappa shape index (κ2) is 51.9. The number of halogens is 6. The third kappa shape index (κ3) is 29.9. The Balaban J connectivity index is 0.000000271. The Labute approximate surface area is 782 Å². The molecule has 0 saturated heterocycles. The van der Waals surface area contributed by atoms with Crippen LogP contribution in [0.5, 0.6) is 0 Å². The van der Waals surface area contributed by atoms with E-state index >= 15 is 0 Å². The minimum Gasteiger partial charge on any atom is -0.465 e. The van der Waals surface area contributed by atoms with Gasteiger partial charge in [-0.2, -0.15) is 0 Å². The Hall–Kier alpha value is -10.8. The van der Waals surface area contributed by atoms with E-state index in [9.17, 15) is 28.8 Å². The number of esters is 6. The summed E-state index contributed by atoms with van der Waals surface area (Å²) in [5.74, 6) is -1.52. The molecule has 0 aliphatic heterocycles. The Morgan fingerprint density at radius 3 is 0.756 bits per heavy atom. The van der Waals surface area contributed by atoms with Crippen LogP contribution in [0.1, 0.15) is 262 Å². The van der Waals surface area contributed by atoms with Gasteiger partial charge in [0.05, 0.1) is 39.6 Å². The molecule has 672 valence electrons. The normalized spacial score (nSPS) is 11.9. The first-order chi connectivity index (χ1) is 60.1. The summed E-state index contributed by atoms with van der Waals surface area (Å²) in [6.45, 7) is 59.9. The van der Waals surface area contributed by atoms with Crippen LogP contribution in [0.25, 0.3) is 0 Å². The highest BCUT2D eigenvalue weighted by atomic mass is 35.5. The van der Waals surface area contributed by atoms with E-state index in [1.807, 2.05) is 248 Å². The van der Waals surface area contributed by atoms with Gasteiger partial charge in [-0.25, -0.2) is 28.8 Å². The number of benzene rings is 8. The Kier molecular flexibility index (Phi) is 43.6. The summed E-state index contributed by atoms with van der Waals surface area (Å²) < 4.78 is 38.9. The number of pyridine rings is 1. The van der Waals surface area contributed by atoms with Gasteiger partial charge in [0.2, 0.25) is 0 Å². The summed E-state index contributed by atoms with van der Waals surface area (Å²) >= 11 is 37.5. The van der Waals surface area contributed by atoms with Gasteiger partial charge in [-0.15, -0.1) is 39.5 Å². The molecule has 2 heterocycles. The van der Waals surface area contributed by atoms with Crippen molar-refractivity contribution in [2.75, 3.05) is 0 Å². The minimum absolute atomic E-state index is 0.172. The lowest BCUT2D eigenvalue weighted by Gasteiger charge is -2.19. The SMILES string of the molecule is C=CC[C@@H](C)OC(=O)c1c(C)cc(C)c(Cl)c1C.C=CC[C@@H](OC(=O)c1c(C)cc(C)c(Cl)c1C)c1ccccc1.C=CC[C@@H](OC(=O)c1c(C)cc(C)c(Cl)c1C)c1cccnc1.C=CC[C@H](C)OC(=O)c1c(C)cc(C)c(Cl)c1C.C=CC[C@H](OC(=O)c1c(C)cc(C)c(Cl)c1C)c1ccccc1.C=CC[C@H](OC(=O)c1c(C)cc(C)c(Cl)c1C)c1ccco1. The zero-order valence-corrected chi connectivity index (χ0v) is 81.3. The smallest absolute Gasteiger partial charge is 0.339 e. The van der Waals surface area contributed by atoms with Gasteiger partial charge in [-0.05, 0) is 268 Å². The predicted octanol–water partition coefficient (Wildman–Crippen LogP) is 30.7. The number of hydrogen-bond donors (Lipinski definition) is 0. The Morgan fingerprint density at radius 2 is 0.528 bits per heavy atom. The summed E-state index contributed by atoms with van der Waals surface area (Å²) in [6, 6.07) is 38.1. The molecule has 0 aliphatic rings. The fraction of sp³-hybridized carbons (Fsp3) is 0.299. The lowest BCUT2D eigenvalue weighted by atomic mass is 9.99. The van der Waals surface area contributed by atoms with E-state index < -0.39 is 18.2 Å². The van der Waals surface area contributed by atoms with Crippen molar-refractivity contribution >= 4 is 105 Å². The van der Waals surface area contributed by atoms with Gasteiger partial charge in [-0.3, -0.25) is 4.98 Å². The highest BCUT2D eigenvalue weighted by Crippen LogP contribution is 2.37. The number of ether oxygens (including phenoxy) is 6. The molecule has 14 nitrogen and oxygen atoms in total. The molecule has 10 rings (SSSR count). The maximum atomic E-state index is 12.7. The number of rotatable bonds is 28. The molecule has 10 aromatic rings. The molecular weight excluding hydrogens is 1720 g/mol. The number of carbonyl (C=O) groups is 6. The van der Waals surface area contributed by atoms with E-state index in [2.05, 4.69) is 44.5 Å².